The Hall–Kier alpha value is -2.53. The molecule has 2 aromatic carbocycles. The smallest absolute Gasteiger partial charge is 0.294 e. The van der Waals surface area contributed by atoms with Crippen molar-refractivity contribution in [3.63, 3.8) is 0 Å². The minimum atomic E-state index is -4.39. The van der Waals surface area contributed by atoms with Crippen LogP contribution in [0.1, 0.15) is 25.8 Å². The van der Waals surface area contributed by atoms with E-state index in [1.54, 1.807) is 6.07 Å². The highest BCUT2D eigenvalue weighted by atomic mass is 32.2. The molecule has 0 saturated heterocycles. The molecule has 2 aromatic rings. The van der Waals surface area contributed by atoms with Crippen LogP contribution in [0, 0.1) is 0 Å². The molecule has 0 aromatic heterocycles. The number of rotatable bonds is 8. The molecule has 0 spiro atoms. The minimum absolute atomic E-state index is 0.149. The van der Waals surface area contributed by atoms with Crippen molar-refractivity contribution in [3.8, 4) is 0 Å². The summed E-state index contributed by atoms with van der Waals surface area (Å²) in [5.74, 6) is -0.408. The molecule has 0 radical (unpaired) electrons. The first-order valence-electron chi connectivity index (χ1n) is 9.54. The lowest BCUT2D eigenvalue weighted by molar-refractivity contribution is -0.437. The van der Waals surface area contributed by atoms with Gasteiger partial charge in [-0.3, -0.25) is 9.11 Å². The van der Waals surface area contributed by atoms with E-state index in [-0.39, 0.29) is 17.9 Å². The minimum Gasteiger partial charge on any atom is -0.351 e. The van der Waals surface area contributed by atoms with Crippen LogP contribution in [-0.4, -0.2) is 48.5 Å². The van der Waals surface area contributed by atoms with Crippen molar-refractivity contribution in [3.05, 3.63) is 66.4 Å². The van der Waals surface area contributed by atoms with Gasteiger partial charge in [-0.05, 0) is 38.1 Å². The molecule has 0 bridgehead atoms. The van der Waals surface area contributed by atoms with Crippen LogP contribution in [0.2, 0.25) is 0 Å². The van der Waals surface area contributed by atoms with E-state index in [9.17, 15) is 21.4 Å². The van der Waals surface area contributed by atoms with E-state index in [0.717, 1.165) is 11.4 Å². The van der Waals surface area contributed by atoms with Crippen LogP contribution in [0.15, 0.2) is 65.7 Å². The number of fused-ring (bicyclic) bond motifs is 1. The van der Waals surface area contributed by atoms with Crippen molar-refractivity contribution < 1.29 is 30.5 Å². The van der Waals surface area contributed by atoms with Crippen molar-refractivity contribution >= 4 is 37.3 Å². The van der Waals surface area contributed by atoms with Crippen molar-refractivity contribution in [2.75, 3.05) is 17.6 Å². The molecule has 31 heavy (non-hydrogen) atoms. The molecule has 0 atom stereocenters. The Balaban J connectivity index is 2.08. The third-order valence-electron chi connectivity index (χ3n) is 5.23. The Bertz CT molecular complexity index is 1260. The maximum Gasteiger partial charge on any atom is 0.294 e. The topological polar surface area (TPSA) is 124 Å². The molecule has 0 amide bonds. The summed E-state index contributed by atoms with van der Waals surface area (Å²) < 4.78 is 66.2. The third kappa shape index (κ3) is 5.04. The molecule has 166 valence electrons. The van der Waals surface area contributed by atoms with Crippen molar-refractivity contribution in [2.45, 2.75) is 30.6 Å². The SMILES string of the molecule is C=C(Nc1ccccc1)C1=[N+](CCCS(=O)(=O)O)c2ccc(S(=O)(=O)O)cc2C1(C)C. The molecule has 3 N–H and O–H groups in total. The third-order valence-corrected chi connectivity index (χ3v) is 6.89. The van der Waals surface area contributed by atoms with Gasteiger partial charge in [-0.2, -0.15) is 21.4 Å². The second-order valence-corrected chi connectivity index (χ2v) is 10.9. The van der Waals surface area contributed by atoms with Crippen LogP contribution >= 0.6 is 0 Å². The molecule has 10 heteroatoms. The first-order chi connectivity index (χ1) is 14.3. The Morgan fingerprint density at radius 2 is 1.71 bits per heavy atom. The fraction of sp³-hybridized carbons (Fsp3) is 0.286. The Labute approximate surface area is 182 Å². The predicted molar refractivity (Wildman–Crippen MR) is 119 cm³/mol. The van der Waals surface area contributed by atoms with Gasteiger partial charge in [0.15, 0.2) is 6.54 Å². The summed E-state index contributed by atoms with van der Waals surface area (Å²) in [4.78, 5) is -0.222. The summed E-state index contributed by atoms with van der Waals surface area (Å²) in [5.41, 5.74) is 2.73. The first kappa shape index (κ1) is 23.1. The molecule has 0 aliphatic carbocycles. The standard InChI is InChI=1S/C21H24N2O6S2/c1-15(22-16-8-5-4-6-9-16)20-21(2,3)18-14-17(31(27,28)29)10-11-19(18)23(20)12-7-13-30(24,25)26/h4-6,8-11,14,22H,1,7,12-13H2,2-3H3,(H-,24,25,26,27,28,29)/p+1. The van der Waals surface area contributed by atoms with E-state index < -0.39 is 31.4 Å². The zero-order valence-corrected chi connectivity index (χ0v) is 18.9. The van der Waals surface area contributed by atoms with E-state index in [1.807, 2.05) is 48.8 Å². The lowest BCUT2D eigenvalue weighted by atomic mass is 9.80. The van der Waals surface area contributed by atoms with Crippen LogP contribution < -0.4 is 5.32 Å². The highest BCUT2D eigenvalue weighted by Gasteiger charge is 2.47. The average Bonchev–Trinajstić information content (AvgIpc) is 2.87. The summed E-state index contributed by atoms with van der Waals surface area (Å²) in [6.07, 6.45) is 0.149. The first-order valence-corrected chi connectivity index (χ1v) is 12.6. The van der Waals surface area contributed by atoms with Gasteiger partial charge < -0.3 is 5.32 Å². The maximum atomic E-state index is 11.7. The fourth-order valence-electron chi connectivity index (χ4n) is 3.93. The van der Waals surface area contributed by atoms with Crippen LogP contribution in [0.5, 0.6) is 0 Å². The predicted octanol–water partition coefficient (Wildman–Crippen LogP) is 3.21. The zero-order valence-electron chi connectivity index (χ0n) is 17.2. The van der Waals surface area contributed by atoms with Gasteiger partial charge >= 0.3 is 0 Å². The number of nitrogens with one attached hydrogen (secondary N) is 1. The molecule has 0 unspecified atom stereocenters. The zero-order chi connectivity index (χ0) is 23.0. The lowest BCUT2D eigenvalue weighted by Crippen LogP contribution is -2.33. The number of benzene rings is 2. The van der Waals surface area contributed by atoms with E-state index in [4.69, 9.17) is 4.55 Å². The molecule has 1 aliphatic rings. The second kappa shape index (κ2) is 8.19. The summed E-state index contributed by atoms with van der Waals surface area (Å²) in [5, 5.41) is 3.25. The second-order valence-electron chi connectivity index (χ2n) is 7.89. The van der Waals surface area contributed by atoms with Crippen LogP contribution in [0.3, 0.4) is 0 Å². The van der Waals surface area contributed by atoms with E-state index in [0.29, 0.717) is 16.9 Å². The monoisotopic (exact) mass is 465 g/mol. The number of nitrogens with zero attached hydrogens (tertiary/aromatic N) is 1. The van der Waals surface area contributed by atoms with Gasteiger partial charge in [0.25, 0.3) is 20.2 Å². The molecule has 3 rings (SSSR count). The van der Waals surface area contributed by atoms with Gasteiger partial charge in [-0.1, -0.05) is 24.8 Å². The molecule has 8 nitrogen and oxygen atoms in total. The van der Waals surface area contributed by atoms with Crippen LogP contribution in [0.4, 0.5) is 11.4 Å². The number of hydrogen-bond acceptors (Lipinski definition) is 5. The van der Waals surface area contributed by atoms with Crippen molar-refractivity contribution in [1.82, 2.24) is 0 Å². The number of anilines is 1. The van der Waals surface area contributed by atoms with Gasteiger partial charge in [-0.15, -0.1) is 0 Å². The molecule has 1 heterocycles. The number of allylic oxidation sites excluding steroid dienone is 1. The summed E-state index contributed by atoms with van der Waals surface area (Å²) in [7, 11) is -8.51. The summed E-state index contributed by atoms with van der Waals surface area (Å²) in [6, 6.07) is 13.7. The molecular weight excluding hydrogens is 440 g/mol. The van der Waals surface area contributed by atoms with E-state index >= 15 is 0 Å². The van der Waals surface area contributed by atoms with Gasteiger partial charge in [0.1, 0.15) is 5.70 Å². The number of hydrogen-bond donors (Lipinski definition) is 3. The van der Waals surface area contributed by atoms with Crippen molar-refractivity contribution in [2.24, 2.45) is 0 Å². The maximum absolute atomic E-state index is 11.7. The lowest BCUT2D eigenvalue weighted by Gasteiger charge is -2.20. The molecule has 1 aliphatic heterocycles. The highest BCUT2D eigenvalue weighted by molar-refractivity contribution is 7.86. The quantitative estimate of drug-likeness (QED) is 0.404. The van der Waals surface area contributed by atoms with Crippen LogP contribution in [0.25, 0.3) is 0 Å². The Morgan fingerprint density at radius 3 is 2.29 bits per heavy atom. The Morgan fingerprint density at radius 1 is 1.06 bits per heavy atom. The van der Waals surface area contributed by atoms with Gasteiger partial charge in [0.2, 0.25) is 11.4 Å². The fourth-order valence-corrected chi connectivity index (χ4v) is 4.93. The van der Waals surface area contributed by atoms with Gasteiger partial charge in [-0.25, -0.2) is 0 Å². The summed E-state index contributed by atoms with van der Waals surface area (Å²) in [6.45, 7) is 8.22. The molecular formula is C21H25N2O6S2+. The number of para-hydroxylation sites is 1. The Kier molecular flexibility index (Phi) is 6.12. The van der Waals surface area contributed by atoms with Gasteiger partial charge in [0.05, 0.1) is 16.1 Å². The molecule has 0 saturated carbocycles. The normalized spacial score (nSPS) is 15.6. The van der Waals surface area contributed by atoms with Crippen LogP contribution in [-0.2, 0) is 25.7 Å². The summed E-state index contributed by atoms with van der Waals surface area (Å²) >= 11 is 0. The van der Waals surface area contributed by atoms with Gasteiger partial charge in [0, 0.05) is 23.7 Å². The molecule has 0 fully saturated rings. The van der Waals surface area contributed by atoms with E-state index in [1.165, 1.54) is 12.1 Å². The van der Waals surface area contributed by atoms with Crippen molar-refractivity contribution in [1.29, 1.82) is 0 Å². The average molecular weight is 466 g/mol. The highest BCUT2D eigenvalue weighted by Crippen LogP contribution is 2.42. The largest absolute Gasteiger partial charge is 0.351 e. The van der Waals surface area contributed by atoms with E-state index in [2.05, 4.69) is 11.9 Å².